The highest BCUT2D eigenvalue weighted by Gasteiger charge is 2.22. The van der Waals surface area contributed by atoms with Crippen molar-refractivity contribution in [3.8, 4) is 5.75 Å². The highest BCUT2D eigenvalue weighted by molar-refractivity contribution is 5.93. The molecule has 0 aliphatic heterocycles. The van der Waals surface area contributed by atoms with Crippen LogP contribution in [-0.2, 0) is 11.3 Å². The maximum Gasteiger partial charge on any atom is 0.420 e. The molecule has 2 aromatic heterocycles. The first-order valence-electron chi connectivity index (χ1n) is 8.82. The first-order valence-corrected chi connectivity index (χ1v) is 8.82. The van der Waals surface area contributed by atoms with Crippen LogP contribution in [0.25, 0.3) is 16.6 Å². The van der Waals surface area contributed by atoms with Crippen molar-refractivity contribution in [2.75, 3.05) is 0 Å². The van der Waals surface area contributed by atoms with Crippen LogP contribution in [0.4, 0.5) is 4.79 Å². The van der Waals surface area contributed by atoms with E-state index in [4.69, 9.17) is 9.47 Å². The minimum atomic E-state index is -0.585. The second kappa shape index (κ2) is 7.27. The number of nitrogens with zero attached hydrogens (tertiary/aromatic N) is 2. The number of benzene rings is 1. The summed E-state index contributed by atoms with van der Waals surface area (Å²) in [6.45, 7) is 11.8. The molecule has 3 rings (SSSR count). The Hall–Kier alpha value is -3.08. The van der Waals surface area contributed by atoms with Crippen LogP contribution in [0.3, 0.4) is 0 Å². The monoisotopic (exact) mass is 364 g/mol. The second-order valence-electron chi connectivity index (χ2n) is 7.46. The Labute approximate surface area is 159 Å². The fourth-order valence-corrected chi connectivity index (χ4v) is 2.71. The van der Waals surface area contributed by atoms with Crippen molar-refractivity contribution in [2.45, 2.75) is 39.9 Å². The Morgan fingerprint density at radius 1 is 1.19 bits per heavy atom. The van der Waals surface area contributed by atoms with E-state index in [2.05, 4.69) is 11.6 Å². The summed E-state index contributed by atoms with van der Waals surface area (Å²) in [7, 11) is 0. The van der Waals surface area contributed by atoms with Crippen LogP contribution in [0, 0.1) is 0 Å². The van der Waals surface area contributed by atoms with E-state index in [0.717, 1.165) is 22.1 Å². The Balaban J connectivity index is 2.01. The molecule has 0 unspecified atom stereocenters. The molecule has 0 radical (unpaired) electrons. The molecule has 1 aromatic carbocycles. The molecule has 5 heteroatoms. The van der Waals surface area contributed by atoms with Crippen LogP contribution in [-0.4, -0.2) is 21.2 Å². The standard InChI is InChI=1S/C22H24N2O3/c1-15(2)18-13-23-20-17(11-12-24(20)21(25)27-22(3,4)5)19(18)26-14-16-9-7-6-8-10-16/h6-13H,1,14H2,2-5H3. The quantitative estimate of drug-likeness (QED) is 0.619. The molecule has 0 saturated carbocycles. The van der Waals surface area contributed by atoms with Gasteiger partial charge in [-0.3, -0.25) is 0 Å². The average Bonchev–Trinajstić information content (AvgIpc) is 3.03. The third-order valence-electron chi connectivity index (χ3n) is 3.94. The number of carbonyl (C=O) groups is 1. The van der Waals surface area contributed by atoms with Gasteiger partial charge in [0.1, 0.15) is 18.0 Å². The minimum Gasteiger partial charge on any atom is -0.487 e. The van der Waals surface area contributed by atoms with Gasteiger partial charge in [0.2, 0.25) is 0 Å². The van der Waals surface area contributed by atoms with Gasteiger partial charge < -0.3 is 9.47 Å². The lowest BCUT2D eigenvalue weighted by Crippen LogP contribution is -2.26. The van der Waals surface area contributed by atoms with Gasteiger partial charge in [0, 0.05) is 18.0 Å². The van der Waals surface area contributed by atoms with Crippen molar-refractivity contribution in [2.24, 2.45) is 0 Å². The van der Waals surface area contributed by atoms with Crippen LogP contribution in [0.5, 0.6) is 5.75 Å². The predicted molar refractivity (Wildman–Crippen MR) is 107 cm³/mol. The van der Waals surface area contributed by atoms with E-state index >= 15 is 0 Å². The molecule has 0 saturated heterocycles. The molecule has 0 fully saturated rings. The Morgan fingerprint density at radius 3 is 2.52 bits per heavy atom. The van der Waals surface area contributed by atoms with Gasteiger partial charge >= 0.3 is 6.09 Å². The number of hydrogen-bond donors (Lipinski definition) is 0. The molecule has 0 atom stereocenters. The highest BCUT2D eigenvalue weighted by Crippen LogP contribution is 2.33. The maximum atomic E-state index is 12.5. The zero-order chi connectivity index (χ0) is 19.6. The number of rotatable bonds is 4. The summed E-state index contributed by atoms with van der Waals surface area (Å²) in [6, 6.07) is 11.7. The minimum absolute atomic E-state index is 0.415. The summed E-state index contributed by atoms with van der Waals surface area (Å²) in [4.78, 5) is 16.9. The molecule has 2 heterocycles. The normalized spacial score (nSPS) is 11.4. The smallest absolute Gasteiger partial charge is 0.420 e. The lowest BCUT2D eigenvalue weighted by Gasteiger charge is -2.19. The molecular formula is C22H24N2O3. The van der Waals surface area contributed by atoms with Gasteiger partial charge in [0.25, 0.3) is 0 Å². The zero-order valence-electron chi connectivity index (χ0n) is 16.2. The molecule has 0 N–H and O–H groups in total. The van der Waals surface area contributed by atoms with Crippen molar-refractivity contribution in [1.82, 2.24) is 9.55 Å². The molecule has 5 nitrogen and oxygen atoms in total. The summed E-state index contributed by atoms with van der Waals surface area (Å²) < 4.78 is 13.0. The number of fused-ring (bicyclic) bond motifs is 1. The van der Waals surface area contributed by atoms with Crippen molar-refractivity contribution < 1.29 is 14.3 Å². The lowest BCUT2D eigenvalue weighted by molar-refractivity contribution is 0.0543. The van der Waals surface area contributed by atoms with Crippen LogP contribution in [0.15, 0.2) is 55.4 Å². The largest absolute Gasteiger partial charge is 0.487 e. The average molecular weight is 364 g/mol. The summed E-state index contributed by atoms with van der Waals surface area (Å²) in [5.41, 5.74) is 2.63. The first-order chi connectivity index (χ1) is 12.8. The van der Waals surface area contributed by atoms with Crippen LogP contribution >= 0.6 is 0 Å². The van der Waals surface area contributed by atoms with E-state index < -0.39 is 11.7 Å². The van der Waals surface area contributed by atoms with Crippen LogP contribution in [0.1, 0.15) is 38.8 Å². The van der Waals surface area contributed by atoms with Gasteiger partial charge in [-0.15, -0.1) is 0 Å². The van der Waals surface area contributed by atoms with E-state index in [1.807, 2.05) is 64.1 Å². The number of pyridine rings is 1. The third-order valence-corrected chi connectivity index (χ3v) is 3.94. The topological polar surface area (TPSA) is 53.4 Å². The van der Waals surface area contributed by atoms with Crippen LogP contribution < -0.4 is 4.74 Å². The maximum absolute atomic E-state index is 12.5. The van der Waals surface area contributed by atoms with E-state index in [1.165, 1.54) is 4.57 Å². The Kier molecular flexibility index (Phi) is 5.04. The van der Waals surface area contributed by atoms with Crippen LogP contribution in [0.2, 0.25) is 0 Å². The van der Waals surface area contributed by atoms with E-state index in [-0.39, 0.29) is 0 Å². The third kappa shape index (κ3) is 4.19. The Morgan fingerprint density at radius 2 is 1.89 bits per heavy atom. The van der Waals surface area contributed by atoms with E-state index in [0.29, 0.717) is 18.0 Å². The summed E-state index contributed by atoms with van der Waals surface area (Å²) >= 11 is 0. The number of hydrogen-bond acceptors (Lipinski definition) is 4. The highest BCUT2D eigenvalue weighted by atomic mass is 16.6. The van der Waals surface area contributed by atoms with Crippen molar-refractivity contribution >= 4 is 22.7 Å². The summed E-state index contributed by atoms with van der Waals surface area (Å²) in [5.74, 6) is 0.665. The fraction of sp³-hybridized carbons (Fsp3) is 0.273. The Bertz CT molecular complexity index is 982. The van der Waals surface area contributed by atoms with Crippen molar-refractivity contribution in [1.29, 1.82) is 0 Å². The molecular weight excluding hydrogens is 340 g/mol. The molecule has 0 aliphatic carbocycles. The number of carbonyl (C=O) groups excluding carboxylic acids is 1. The predicted octanol–water partition coefficient (Wildman–Crippen LogP) is 5.43. The number of allylic oxidation sites excluding steroid dienone is 1. The van der Waals surface area contributed by atoms with Crippen molar-refractivity contribution in [3.05, 3.63) is 66.5 Å². The van der Waals surface area contributed by atoms with Gasteiger partial charge in [0.05, 0.1) is 5.39 Å². The SMILES string of the molecule is C=C(C)c1cnc2c(ccn2C(=O)OC(C)(C)C)c1OCc1ccccc1. The molecule has 140 valence electrons. The molecule has 0 bridgehead atoms. The molecule has 0 spiro atoms. The lowest BCUT2D eigenvalue weighted by atomic mass is 10.1. The molecule has 27 heavy (non-hydrogen) atoms. The van der Waals surface area contributed by atoms with E-state index in [9.17, 15) is 4.79 Å². The van der Waals surface area contributed by atoms with Gasteiger partial charge in [-0.05, 0) is 44.9 Å². The molecule has 0 amide bonds. The van der Waals surface area contributed by atoms with Gasteiger partial charge in [-0.2, -0.15) is 0 Å². The number of ether oxygens (including phenoxy) is 2. The summed E-state index contributed by atoms with van der Waals surface area (Å²) in [5, 5.41) is 0.747. The number of aromatic nitrogens is 2. The molecule has 0 aliphatic rings. The van der Waals surface area contributed by atoms with Crippen molar-refractivity contribution in [3.63, 3.8) is 0 Å². The van der Waals surface area contributed by atoms with E-state index in [1.54, 1.807) is 12.4 Å². The zero-order valence-corrected chi connectivity index (χ0v) is 16.2. The van der Waals surface area contributed by atoms with Gasteiger partial charge in [-0.25, -0.2) is 14.3 Å². The fourth-order valence-electron chi connectivity index (χ4n) is 2.71. The van der Waals surface area contributed by atoms with Gasteiger partial charge in [0.15, 0.2) is 5.65 Å². The summed E-state index contributed by atoms with van der Waals surface area (Å²) in [6.07, 6.45) is 2.87. The second-order valence-corrected chi connectivity index (χ2v) is 7.46. The first kappa shape index (κ1) is 18.7. The molecule has 3 aromatic rings. The van der Waals surface area contributed by atoms with Gasteiger partial charge in [-0.1, -0.05) is 36.9 Å².